The zero-order chi connectivity index (χ0) is 14.7. The van der Waals surface area contributed by atoms with Gasteiger partial charge in [0.05, 0.1) is 12.2 Å². The summed E-state index contributed by atoms with van der Waals surface area (Å²) in [5.41, 5.74) is 2.46. The van der Waals surface area contributed by atoms with Crippen molar-refractivity contribution in [2.45, 2.75) is 13.1 Å². The van der Waals surface area contributed by atoms with E-state index >= 15 is 0 Å². The number of rotatable bonds is 4. The average molecular weight is 281 g/mol. The fraction of sp³-hybridized carbons (Fsp3) is 0.188. The Morgan fingerprint density at radius 3 is 2.76 bits per heavy atom. The van der Waals surface area contributed by atoms with Gasteiger partial charge in [0.1, 0.15) is 6.54 Å². The van der Waals surface area contributed by atoms with Gasteiger partial charge >= 0.3 is 0 Å². The third-order valence-electron chi connectivity index (χ3n) is 3.42. The zero-order valence-corrected chi connectivity index (χ0v) is 11.5. The fourth-order valence-electron chi connectivity index (χ4n) is 2.36. The highest BCUT2D eigenvalue weighted by Gasteiger charge is 2.27. The highest BCUT2D eigenvalue weighted by atomic mass is 16.2. The Bertz CT molecular complexity index is 670. The summed E-state index contributed by atoms with van der Waals surface area (Å²) in [6, 6.07) is 13.0. The second kappa shape index (κ2) is 5.75. The van der Waals surface area contributed by atoms with Gasteiger partial charge in [-0.25, -0.2) is 0 Å². The first-order chi connectivity index (χ1) is 10.2. The van der Waals surface area contributed by atoms with Crippen molar-refractivity contribution >= 4 is 11.8 Å². The maximum absolute atomic E-state index is 12.1. The maximum Gasteiger partial charge on any atom is 0.254 e. The molecule has 0 saturated heterocycles. The molecule has 0 unspecified atom stereocenters. The number of amides is 2. The van der Waals surface area contributed by atoms with Gasteiger partial charge in [-0.2, -0.15) is 0 Å². The van der Waals surface area contributed by atoms with Crippen LogP contribution in [0, 0.1) is 0 Å². The smallest absolute Gasteiger partial charge is 0.254 e. The van der Waals surface area contributed by atoms with Gasteiger partial charge in [0.2, 0.25) is 5.91 Å². The molecule has 21 heavy (non-hydrogen) atoms. The highest BCUT2D eigenvalue weighted by molar-refractivity contribution is 6.00. The molecule has 0 spiro atoms. The summed E-state index contributed by atoms with van der Waals surface area (Å²) in [7, 11) is 0. The van der Waals surface area contributed by atoms with Crippen molar-refractivity contribution < 1.29 is 9.59 Å². The van der Waals surface area contributed by atoms with Gasteiger partial charge in [0.15, 0.2) is 0 Å². The standard InChI is InChI=1S/C16H15N3O2/c20-15(18-9-13-6-3-4-8-17-13)11-19-10-12-5-1-2-7-14(12)16(19)21/h1-8H,9-11H2,(H,18,20). The number of carbonyl (C=O) groups excluding carboxylic acids is 2. The minimum Gasteiger partial charge on any atom is -0.349 e. The summed E-state index contributed by atoms with van der Waals surface area (Å²) in [5, 5.41) is 2.78. The van der Waals surface area contributed by atoms with Crippen LogP contribution in [-0.4, -0.2) is 28.2 Å². The molecule has 1 aliphatic heterocycles. The summed E-state index contributed by atoms with van der Waals surface area (Å²) in [4.78, 5) is 29.8. The van der Waals surface area contributed by atoms with Crippen LogP contribution in [0.4, 0.5) is 0 Å². The third kappa shape index (κ3) is 2.91. The molecule has 5 nitrogen and oxygen atoms in total. The van der Waals surface area contributed by atoms with Crippen molar-refractivity contribution in [1.82, 2.24) is 15.2 Å². The molecule has 5 heteroatoms. The van der Waals surface area contributed by atoms with Gasteiger partial charge in [-0.1, -0.05) is 24.3 Å². The topological polar surface area (TPSA) is 62.3 Å². The maximum atomic E-state index is 12.1. The molecule has 2 amide bonds. The molecule has 1 aromatic carbocycles. The summed E-state index contributed by atoms with van der Waals surface area (Å²) in [5.74, 6) is -0.264. The van der Waals surface area contributed by atoms with E-state index in [4.69, 9.17) is 0 Å². The number of hydrogen-bond acceptors (Lipinski definition) is 3. The van der Waals surface area contributed by atoms with Gasteiger partial charge in [0, 0.05) is 18.3 Å². The van der Waals surface area contributed by atoms with Crippen LogP contribution in [0.15, 0.2) is 48.7 Å². The van der Waals surface area contributed by atoms with Crippen LogP contribution in [0.2, 0.25) is 0 Å². The van der Waals surface area contributed by atoms with Crippen molar-refractivity contribution in [2.24, 2.45) is 0 Å². The number of hydrogen-bond donors (Lipinski definition) is 1. The quantitative estimate of drug-likeness (QED) is 0.920. The molecular weight excluding hydrogens is 266 g/mol. The number of benzene rings is 1. The van der Waals surface area contributed by atoms with Crippen molar-refractivity contribution in [2.75, 3.05) is 6.54 Å². The SMILES string of the molecule is O=C(CN1Cc2ccccc2C1=O)NCc1ccccn1. The lowest BCUT2D eigenvalue weighted by Gasteiger charge is -2.15. The Morgan fingerprint density at radius 1 is 1.19 bits per heavy atom. The van der Waals surface area contributed by atoms with E-state index in [2.05, 4.69) is 10.3 Å². The van der Waals surface area contributed by atoms with E-state index < -0.39 is 0 Å². The second-order valence-electron chi connectivity index (χ2n) is 4.92. The monoisotopic (exact) mass is 281 g/mol. The Balaban J connectivity index is 1.56. The number of fused-ring (bicyclic) bond motifs is 1. The Morgan fingerprint density at radius 2 is 2.00 bits per heavy atom. The van der Waals surface area contributed by atoms with Crippen LogP contribution in [-0.2, 0) is 17.9 Å². The van der Waals surface area contributed by atoms with Crippen LogP contribution < -0.4 is 5.32 Å². The van der Waals surface area contributed by atoms with Crippen LogP contribution in [0.3, 0.4) is 0 Å². The summed E-state index contributed by atoms with van der Waals surface area (Å²) in [6.45, 7) is 0.932. The molecule has 0 bridgehead atoms. The van der Waals surface area contributed by atoms with Crippen molar-refractivity contribution in [3.63, 3.8) is 0 Å². The molecule has 0 atom stereocenters. The van der Waals surface area contributed by atoms with Crippen molar-refractivity contribution in [1.29, 1.82) is 0 Å². The van der Waals surface area contributed by atoms with Gasteiger partial charge in [-0.3, -0.25) is 14.6 Å². The van der Waals surface area contributed by atoms with E-state index in [1.165, 1.54) is 0 Å². The first-order valence-corrected chi connectivity index (χ1v) is 6.78. The Kier molecular flexibility index (Phi) is 3.64. The van der Waals surface area contributed by atoms with Crippen LogP contribution >= 0.6 is 0 Å². The fourth-order valence-corrected chi connectivity index (χ4v) is 2.36. The van der Waals surface area contributed by atoms with Gasteiger partial charge in [-0.15, -0.1) is 0 Å². The normalized spacial score (nSPS) is 13.1. The third-order valence-corrected chi connectivity index (χ3v) is 3.42. The minimum atomic E-state index is -0.179. The van der Waals surface area contributed by atoms with E-state index in [1.807, 2.05) is 36.4 Å². The van der Waals surface area contributed by atoms with E-state index in [9.17, 15) is 9.59 Å². The highest BCUT2D eigenvalue weighted by Crippen LogP contribution is 2.21. The molecule has 2 aromatic rings. The largest absolute Gasteiger partial charge is 0.349 e. The minimum absolute atomic E-state index is 0.0698. The van der Waals surface area contributed by atoms with Crippen LogP contribution in [0.5, 0.6) is 0 Å². The molecule has 106 valence electrons. The number of carbonyl (C=O) groups is 2. The van der Waals surface area contributed by atoms with E-state index in [-0.39, 0.29) is 18.4 Å². The number of nitrogens with one attached hydrogen (secondary N) is 1. The van der Waals surface area contributed by atoms with Gasteiger partial charge in [0.25, 0.3) is 5.91 Å². The summed E-state index contributed by atoms with van der Waals surface area (Å²) >= 11 is 0. The van der Waals surface area contributed by atoms with Crippen molar-refractivity contribution in [3.8, 4) is 0 Å². The summed E-state index contributed by atoms with van der Waals surface area (Å²) < 4.78 is 0. The first-order valence-electron chi connectivity index (χ1n) is 6.78. The Labute approximate surface area is 122 Å². The average Bonchev–Trinajstić information content (AvgIpc) is 2.83. The predicted molar refractivity (Wildman–Crippen MR) is 77.3 cm³/mol. The van der Waals surface area contributed by atoms with E-state index in [0.29, 0.717) is 18.7 Å². The molecule has 1 aliphatic rings. The lowest BCUT2D eigenvalue weighted by atomic mass is 10.1. The van der Waals surface area contributed by atoms with Crippen LogP contribution in [0.1, 0.15) is 21.6 Å². The lowest BCUT2D eigenvalue weighted by Crippen LogP contribution is -2.37. The van der Waals surface area contributed by atoms with Gasteiger partial charge < -0.3 is 10.2 Å². The molecule has 1 N–H and O–H groups in total. The molecule has 3 rings (SSSR count). The summed E-state index contributed by atoms with van der Waals surface area (Å²) in [6.07, 6.45) is 1.68. The molecule has 0 saturated carbocycles. The number of nitrogens with zero attached hydrogens (tertiary/aromatic N) is 2. The first kappa shape index (κ1) is 13.3. The zero-order valence-electron chi connectivity index (χ0n) is 11.5. The Hall–Kier alpha value is -2.69. The van der Waals surface area contributed by atoms with E-state index in [1.54, 1.807) is 17.2 Å². The number of aromatic nitrogens is 1. The molecule has 2 heterocycles. The van der Waals surface area contributed by atoms with Crippen LogP contribution in [0.25, 0.3) is 0 Å². The molecule has 1 aromatic heterocycles. The van der Waals surface area contributed by atoms with Crippen molar-refractivity contribution in [3.05, 3.63) is 65.5 Å². The molecular formula is C16H15N3O2. The molecule has 0 fully saturated rings. The molecule has 0 aliphatic carbocycles. The second-order valence-corrected chi connectivity index (χ2v) is 4.92. The lowest BCUT2D eigenvalue weighted by molar-refractivity contribution is -0.122. The number of pyridine rings is 1. The van der Waals surface area contributed by atoms with E-state index in [0.717, 1.165) is 11.3 Å². The van der Waals surface area contributed by atoms with Gasteiger partial charge in [-0.05, 0) is 23.8 Å². The predicted octanol–water partition coefficient (Wildman–Crippen LogP) is 1.35. The molecule has 0 radical (unpaired) electrons.